The van der Waals surface area contributed by atoms with Crippen molar-refractivity contribution in [3.63, 3.8) is 0 Å². The van der Waals surface area contributed by atoms with Gasteiger partial charge in [-0.2, -0.15) is 0 Å². The van der Waals surface area contributed by atoms with Crippen molar-refractivity contribution in [1.29, 1.82) is 0 Å². The summed E-state index contributed by atoms with van der Waals surface area (Å²) in [6.07, 6.45) is 0. The molecule has 17 heavy (non-hydrogen) atoms. The summed E-state index contributed by atoms with van der Waals surface area (Å²) in [4.78, 5) is 0. The van der Waals surface area contributed by atoms with Crippen molar-refractivity contribution >= 4 is 11.6 Å². The second-order valence-corrected chi connectivity index (χ2v) is 6.92. The molecule has 2 heteroatoms. The first-order chi connectivity index (χ1) is 7.57. The van der Waals surface area contributed by atoms with E-state index in [1.807, 2.05) is 12.1 Å². The number of alkyl halides is 1. The van der Waals surface area contributed by atoms with Crippen molar-refractivity contribution in [2.75, 3.05) is 0 Å². The van der Waals surface area contributed by atoms with Gasteiger partial charge in [0.2, 0.25) is 0 Å². The smallest absolute Gasteiger partial charge is 0.116 e. The minimum absolute atomic E-state index is 0.0109. The Morgan fingerprint density at radius 1 is 0.941 bits per heavy atom. The minimum atomic E-state index is -0.0109. The summed E-state index contributed by atoms with van der Waals surface area (Å²) in [6.45, 7) is 12.9. The lowest BCUT2D eigenvalue weighted by Gasteiger charge is -2.29. The van der Waals surface area contributed by atoms with E-state index < -0.39 is 0 Å². The van der Waals surface area contributed by atoms with E-state index in [1.165, 1.54) is 0 Å². The zero-order chi connectivity index (χ0) is 13.4. The number of hydrogen-bond acceptors (Lipinski definition) is 1. The van der Waals surface area contributed by atoms with Crippen LogP contribution in [-0.4, -0.2) is 5.11 Å². The summed E-state index contributed by atoms with van der Waals surface area (Å²) < 4.78 is 0. The van der Waals surface area contributed by atoms with Gasteiger partial charge in [0, 0.05) is 5.88 Å². The second kappa shape index (κ2) is 4.53. The number of phenols is 1. The molecule has 1 aromatic rings. The van der Waals surface area contributed by atoms with E-state index in [4.69, 9.17) is 11.6 Å². The van der Waals surface area contributed by atoms with Gasteiger partial charge in [-0.1, -0.05) is 41.5 Å². The van der Waals surface area contributed by atoms with Gasteiger partial charge in [0.15, 0.2) is 0 Å². The van der Waals surface area contributed by atoms with Crippen LogP contribution < -0.4 is 0 Å². The monoisotopic (exact) mass is 254 g/mol. The molecule has 0 radical (unpaired) electrons. The molecule has 0 saturated carbocycles. The van der Waals surface area contributed by atoms with Crippen LogP contribution in [0.4, 0.5) is 0 Å². The highest BCUT2D eigenvalue weighted by atomic mass is 35.5. The summed E-state index contributed by atoms with van der Waals surface area (Å²) in [7, 11) is 0. The Kier molecular flexibility index (Phi) is 3.83. The van der Waals surface area contributed by atoms with Gasteiger partial charge in [0.1, 0.15) is 5.75 Å². The summed E-state index contributed by atoms with van der Waals surface area (Å²) in [5.74, 6) is 0.813. The largest absolute Gasteiger partial charge is 0.508 e. The molecule has 0 aliphatic carbocycles. The Morgan fingerprint density at radius 2 is 1.29 bits per heavy atom. The summed E-state index contributed by atoms with van der Waals surface area (Å²) in [5.41, 5.74) is 3.41. The molecule has 1 aromatic carbocycles. The Balaban J connectivity index is 3.58. The topological polar surface area (TPSA) is 20.2 Å². The first-order valence-electron chi connectivity index (χ1n) is 6.00. The molecule has 0 aromatic heterocycles. The highest BCUT2D eigenvalue weighted by Crippen LogP contribution is 2.37. The Hall–Kier alpha value is -0.690. The van der Waals surface area contributed by atoms with Crippen LogP contribution in [0.25, 0.3) is 0 Å². The third-order valence-electron chi connectivity index (χ3n) is 2.98. The molecule has 0 fully saturated rings. The molecule has 0 saturated heterocycles. The van der Waals surface area contributed by atoms with Crippen molar-refractivity contribution in [2.24, 2.45) is 0 Å². The molecule has 0 amide bonds. The van der Waals surface area contributed by atoms with E-state index in [2.05, 4.69) is 41.5 Å². The van der Waals surface area contributed by atoms with E-state index in [-0.39, 0.29) is 10.8 Å². The third-order valence-corrected chi connectivity index (χ3v) is 3.25. The van der Waals surface area contributed by atoms with Crippen molar-refractivity contribution in [2.45, 2.75) is 58.3 Å². The number of phenolic OH excluding ortho intramolecular Hbond substituents is 1. The first kappa shape index (κ1) is 14.4. The number of rotatable bonds is 1. The molecule has 0 unspecified atom stereocenters. The maximum Gasteiger partial charge on any atom is 0.116 e. The average molecular weight is 255 g/mol. The number of benzene rings is 1. The van der Waals surface area contributed by atoms with Crippen LogP contribution in [0.2, 0.25) is 0 Å². The van der Waals surface area contributed by atoms with Gasteiger partial charge >= 0.3 is 0 Å². The normalized spacial score (nSPS) is 12.9. The predicted molar refractivity (Wildman–Crippen MR) is 75.1 cm³/mol. The fourth-order valence-corrected chi connectivity index (χ4v) is 2.43. The van der Waals surface area contributed by atoms with E-state index in [9.17, 15) is 5.11 Å². The van der Waals surface area contributed by atoms with Crippen LogP contribution >= 0.6 is 11.6 Å². The van der Waals surface area contributed by atoms with Crippen molar-refractivity contribution in [3.8, 4) is 5.75 Å². The van der Waals surface area contributed by atoms with E-state index >= 15 is 0 Å². The lowest BCUT2D eigenvalue weighted by molar-refractivity contribution is 0.464. The zero-order valence-corrected chi connectivity index (χ0v) is 12.4. The van der Waals surface area contributed by atoms with Crippen LogP contribution in [0.5, 0.6) is 5.75 Å². The quantitative estimate of drug-likeness (QED) is 0.719. The molecular weight excluding hydrogens is 232 g/mol. The fraction of sp³-hybridized carbons (Fsp3) is 0.600. The van der Waals surface area contributed by atoms with Gasteiger partial charge in [-0.05, 0) is 39.7 Å². The number of halogens is 1. The Labute approximate surface area is 110 Å². The maximum absolute atomic E-state index is 9.90. The highest BCUT2D eigenvalue weighted by Gasteiger charge is 2.25. The first-order valence-corrected chi connectivity index (χ1v) is 6.53. The van der Waals surface area contributed by atoms with Gasteiger partial charge in [-0.25, -0.2) is 0 Å². The van der Waals surface area contributed by atoms with Gasteiger partial charge < -0.3 is 5.11 Å². The van der Waals surface area contributed by atoms with E-state index in [0.29, 0.717) is 11.6 Å². The molecule has 1 N–H and O–H groups in total. The molecule has 0 bridgehead atoms. The van der Waals surface area contributed by atoms with Crippen molar-refractivity contribution in [1.82, 2.24) is 0 Å². The summed E-state index contributed by atoms with van der Waals surface area (Å²) in [5, 5.41) is 9.90. The Morgan fingerprint density at radius 3 is 1.53 bits per heavy atom. The summed E-state index contributed by atoms with van der Waals surface area (Å²) >= 11 is 6.12. The maximum atomic E-state index is 9.90. The molecule has 96 valence electrons. The lowest BCUT2D eigenvalue weighted by atomic mass is 9.76. The second-order valence-electron chi connectivity index (χ2n) is 6.65. The molecule has 0 aliphatic rings. The molecule has 0 aliphatic heterocycles. The van der Waals surface area contributed by atoms with E-state index in [1.54, 1.807) is 0 Å². The van der Waals surface area contributed by atoms with Crippen LogP contribution in [0, 0.1) is 0 Å². The summed E-state index contributed by atoms with van der Waals surface area (Å²) in [6, 6.07) is 3.68. The molecule has 0 heterocycles. The molecule has 0 atom stereocenters. The molecule has 1 nitrogen and oxygen atoms in total. The van der Waals surface area contributed by atoms with Crippen LogP contribution in [0.15, 0.2) is 12.1 Å². The number of aromatic hydroxyl groups is 1. The van der Waals surface area contributed by atoms with Crippen molar-refractivity contribution < 1.29 is 5.11 Å². The standard InChI is InChI=1S/C15H23ClO/c1-14(2,3)12-7-10(17)8-13(11(12)9-16)15(4,5)6/h7-8,17H,9H2,1-6H3. The highest BCUT2D eigenvalue weighted by molar-refractivity contribution is 6.17. The van der Waals surface area contributed by atoms with E-state index in [0.717, 1.165) is 16.7 Å². The predicted octanol–water partition coefficient (Wildman–Crippen LogP) is 4.73. The van der Waals surface area contributed by atoms with Gasteiger partial charge in [-0.15, -0.1) is 11.6 Å². The average Bonchev–Trinajstić information content (AvgIpc) is 2.13. The zero-order valence-electron chi connectivity index (χ0n) is 11.7. The van der Waals surface area contributed by atoms with Gasteiger partial charge in [-0.3, -0.25) is 0 Å². The molecular formula is C15H23ClO. The van der Waals surface area contributed by atoms with Crippen LogP contribution in [0.3, 0.4) is 0 Å². The molecule has 1 rings (SSSR count). The van der Waals surface area contributed by atoms with Crippen LogP contribution in [-0.2, 0) is 16.7 Å². The van der Waals surface area contributed by atoms with Gasteiger partial charge in [0.25, 0.3) is 0 Å². The SMILES string of the molecule is CC(C)(C)c1cc(O)cc(C(C)(C)C)c1CCl. The lowest BCUT2D eigenvalue weighted by Crippen LogP contribution is -2.20. The Bertz CT molecular complexity index is 373. The fourth-order valence-electron chi connectivity index (χ4n) is 2.14. The van der Waals surface area contributed by atoms with Crippen LogP contribution in [0.1, 0.15) is 58.2 Å². The molecule has 0 spiro atoms. The third kappa shape index (κ3) is 3.16. The van der Waals surface area contributed by atoms with Gasteiger partial charge in [0.05, 0.1) is 0 Å². The number of hydrogen-bond donors (Lipinski definition) is 1. The van der Waals surface area contributed by atoms with Crippen molar-refractivity contribution in [3.05, 3.63) is 28.8 Å². The minimum Gasteiger partial charge on any atom is -0.508 e.